The summed E-state index contributed by atoms with van der Waals surface area (Å²) >= 11 is 4.54. The van der Waals surface area contributed by atoms with Crippen LogP contribution >= 0.6 is 27.3 Å². The highest BCUT2D eigenvalue weighted by atomic mass is 79.9. The first kappa shape index (κ1) is 28.6. The smallest absolute Gasteiger partial charge is 0.262 e. The van der Waals surface area contributed by atoms with Crippen LogP contribution < -0.4 is 10.3 Å². The van der Waals surface area contributed by atoms with Gasteiger partial charge in [-0.3, -0.25) is 14.2 Å². The van der Waals surface area contributed by atoms with Crippen molar-refractivity contribution in [2.75, 3.05) is 5.33 Å². The van der Waals surface area contributed by atoms with Gasteiger partial charge >= 0.3 is 0 Å². The summed E-state index contributed by atoms with van der Waals surface area (Å²) in [5, 5.41) is 0.205. The molecule has 0 N–H and O–H groups in total. The minimum Gasteiger partial charge on any atom is -0.485 e. The third kappa shape index (κ3) is 6.24. The topological polar surface area (TPSA) is 61.2 Å². The largest absolute Gasteiger partial charge is 0.485 e. The molecule has 5 nitrogen and oxygen atoms in total. The van der Waals surface area contributed by atoms with Gasteiger partial charge in [-0.1, -0.05) is 82.7 Å². The first-order chi connectivity index (χ1) is 19.9. The monoisotopic (exact) mass is 630 g/mol. The van der Waals surface area contributed by atoms with Gasteiger partial charge in [-0.2, -0.15) is 0 Å². The summed E-state index contributed by atoms with van der Waals surface area (Å²) in [5.41, 5.74) is 3.85. The second-order valence-electron chi connectivity index (χ2n) is 9.66. The van der Waals surface area contributed by atoms with Crippen molar-refractivity contribution >= 4 is 33.0 Å². The van der Waals surface area contributed by atoms with Gasteiger partial charge in [0.1, 0.15) is 12.4 Å². The number of aromatic nitrogens is 2. The van der Waals surface area contributed by atoms with Gasteiger partial charge in [0, 0.05) is 11.4 Å². The third-order valence-electron chi connectivity index (χ3n) is 6.79. The van der Waals surface area contributed by atoms with Gasteiger partial charge in [0.2, 0.25) is 0 Å². The molecule has 41 heavy (non-hydrogen) atoms. The molecule has 0 saturated carbocycles. The van der Waals surface area contributed by atoms with Crippen molar-refractivity contribution in [3.8, 4) is 27.6 Å². The normalized spacial score (nSPS) is 11.0. The highest BCUT2D eigenvalue weighted by Crippen LogP contribution is 2.35. The van der Waals surface area contributed by atoms with Gasteiger partial charge in [-0.05, 0) is 55.2 Å². The number of halogens is 2. The van der Waals surface area contributed by atoms with Crippen LogP contribution in [0.2, 0.25) is 0 Å². The number of ether oxygens (including phenoxy) is 1. The molecular weight excluding hydrogens is 603 g/mol. The highest BCUT2D eigenvalue weighted by Gasteiger charge is 2.23. The number of para-hydroxylation sites is 1. The molecule has 0 unspecified atom stereocenters. The Labute approximate surface area is 250 Å². The lowest BCUT2D eigenvalue weighted by Crippen LogP contribution is -2.27. The van der Waals surface area contributed by atoms with E-state index >= 15 is 4.39 Å². The summed E-state index contributed by atoms with van der Waals surface area (Å²) in [6, 6.07) is 25.9. The van der Waals surface area contributed by atoms with Crippen LogP contribution in [0.4, 0.5) is 4.39 Å². The maximum Gasteiger partial charge on any atom is 0.262 e. The average molecular weight is 632 g/mol. The van der Waals surface area contributed by atoms with Gasteiger partial charge in [-0.25, -0.2) is 9.37 Å². The lowest BCUT2D eigenvalue weighted by atomic mass is 10.1. The van der Waals surface area contributed by atoms with Crippen LogP contribution in [0.25, 0.3) is 21.8 Å². The number of nitrogens with zero attached hydrogens (tertiary/aromatic N) is 2. The Hall–Kier alpha value is -3.88. The van der Waals surface area contributed by atoms with Gasteiger partial charge in [0.05, 0.1) is 27.0 Å². The van der Waals surface area contributed by atoms with Crippen LogP contribution in [0.1, 0.15) is 32.1 Å². The Balaban J connectivity index is 1.65. The highest BCUT2D eigenvalue weighted by molar-refractivity contribution is 9.09. The van der Waals surface area contributed by atoms with Crippen LogP contribution in [0.3, 0.4) is 0 Å². The first-order valence-corrected chi connectivity index (χ1v) is 15.1. The number of hydrogen-bond acceptors (Lipinski definition) is 5. The molecule has 0 fully saturated rings. The summed E-state index contributed by atoms with van der Waals surface area (Å²) in [6.07, 6.45) is 0.574. The number of benzene rings is 3. The fraction of sp³-hybridized carbons (Fsp3) is 0.182. The second kappa shape index (κ2) is 12.7. The van der Waals surface area contributed by atoms with Crippen molar-refractivity contribution in [3.63, 3.8) is 0 Å². The average Bonchev–Trinajstić information content (AvgIpc) is 3.37. The second-order valence-corrected chi connectivity index (χ2v) is 11.3. The molecule has 2 heterocycles. The molecule has 0 saturated heterocycles. The summed E-state index contributed by atoms with van der Waals surface area (Å²) in [5.74, 6) is -0.193. The Morgan fingerprint density at radius 3 is 2.34 bits per heavy atom. The molecule has 0 atom stereocenters. The molecule has 0 bridgehead atoms. The van der Waals surface area contributed by atoms with E-state index in [0.717, 1.165) is 16.7 Å². The van der Waals surface area contributed by atoms with Crippen LogP contribution in [0.15, 0.2) is 89.7 Å². The Kier molecular flexibility index (Phi) is 8.90. The van der Waals surface area contributed by atoms with Gasteiger partial charge in [0.25, 0.3) is 5.56 Å². The predicted octanol–water partition coefficient (Wildman–Crippen LogP) is 7.79. The SMILES string of the molecule is Cc1cc(-c2c(C)nc(-c3cccc(F)c3OCc3ccccc3)n(CCc3ccccc3)c2=O)sc1C(=O)CBr. The zero-order chi connectivity index (χ0) is 28.9. The number of ketones is 1. The predicted molar refractivity (Wildman–Crippen MR) is 166 cm³/mol. The molecule has 3 aromatic carbocycles. The van der Waals surface area contributed by atoms with Crippen molar-refractivity contribution in [1.82, 2.24) is 9.55 Å². The van der Waals surface area contributed by atoms with Crippen molar-refractivity contribution < 1.29 is 13.9 Å². The van der Waals surface area contributed by atoms with E-state index in [1.807, 2.05) is 73.7 Å². The Bertz CT molecular complexity index is 1750. The maximum atomic E-state index is 15.2. The van der Waals surface area contributed by atoms with E-state index in [0.29, 0.717) is 45.4 Å². The van der Waals surface area contributed by atoms with E-state index in [1.165, 1.54) is 17.4 Å². The van der Waals surface area contributed by atoms with Gasteiger partial charge < -0.3 is 4.74 Å². The Morgan fingerprint density at radius 2 is 1.66 bits per heavy atom. The molecule has 0 aliphatic carbocycles. The molecule has 208 valence electrons. The molecular formula is C33H28BrFN2O3S. The molecule has 5 rings (SSSR count). The van der Waals surface area contributed by atoms with E-state index in [1.54, 1.807) is 23.6 Å². The van der Waals surface area contributed by atoms with Gasteiger partial charge in [0.15, 0.2) is 17.3 Å². The molecule has 2 aromatic heterocycles. The molecule has 5 aromatic rings. The number of aryl methyl sites for hydroxylation is 3. The molecule has 0 spiro atoms. The summed E-state index contributed by atoms with van der Waals surface area (Å²) in [7, 11) is 0. The quantitative estimate of drug-likeness (QED) is 0.117. The van der Waals surface area contributed by atoms with E-state index in [9.17, 15) is 9.59 Å². The van der Waals surface area contributed by atoms with E-state index < -0.39 is 5.82 Å². The molecule has 0 aliphatic rings. The van der Waals surface area contributed by atoms with Crippen molar-refractivity contribution in [2.24, 2.45) is 0 Å². The fourth-order valence-electron chi connectivity index (χ4n) is 4.75. The van der Waals surface area contributed by atoms with Crippen LogP contribution in [-0.4, -0.2) is 20.7 Å². The van der Waals surface area contributed by atoms with Crippen LogP contribution in [-0.2, 0) is 19.6 Å². The van der Waals surface area contributed by atoms with E-state index in [4.69, 9.17) is 9.72 Å². The zero-order valence-electron chi connectivity index (χ0n) is 22.7. The van der Waals surface area contributed by atoms with Crippen molar-refractivity contribution in [3.05, 3.63) is 128 Å². The minimum atomic E-state index is -0.532. The summed E-state index contributed by atoms with van der Waals surface area (Å²) in [6.45, 7) is 4.13. The standard InChI is InChI=1S/C33H28BrFN2O3S/c1-21-18-28(41-31(21)27(38)19-34)29-22(2)36-32(37(33(29)39)17-16-23-10-5-3-6-11-23)25-14-9-15-26(35)30(25)40-20-24-12-7-4-8-13-24/h3-15,18H,16-17,19-20H2,1-2H3. The lowest BCUT2D eigenvalue weighted by molar-refractivity contribution is 0.102. The van der Waals surface area contributed by atoms with Crippen LogP contribution in [0.5, 0.6) is 5.75 Å². The van der Waals surface area contributed by atoms with E-state index in [2.05, 4.69) is 15.9 Å². The van der Waals surface area contributed by atoms with E-state index in [-0.39, 0.29) is 29.0 Å². The number of rotatable bonds is 10. The maximum absolute atomic E-state index is 15.2. The number of carbonyl (C=O) groups excluding carboxylic acids is 1. The number of carbonyl (C=O) groups is 1. The van der Waals surface area contributed by atoms with Crippen molar-refractivity contribution in [1.29, 1.82) is 0 Å². The molecule has 8 heteroatoms. The van der Waals surface area contributed by atoms with Crippen LogP contribution in [0, 0.1) is 19.7 Å². The molecule has 0 amide bonds. The Morgan fingerprint density at radius 1 is 0.976 bits per heavy atom. The zero-order valence-corrected chi connectivity index (χ0v) is 25.1. The number of thiophene rings is 1. The summed E-state index contributed by atoms with van der Waals surface area (Å²) < 4.78 is 22.9. The lowest BCUT2D eigenvalue weighted by Gasteiger charge is -2.18. The third-order valence-corrected chi connectivity index (χ3v) is 8.59. The number of alkyl halides is 1. The molecule has 0 radical (unpaired) electrons. The molecule has 0 aliphatic heterocycles. The van der Waals surface area contributed by atoms with Gasteiger partial charge in [-0.15, -0.1) is 11.3 Å². The first-order valence-electron chi connectivity index (χ1n) is 13.2. The number of Topliss-reactive ketones (excluding diaryl/α,β-unsaturated/α-hetero) is 1. The fourth-order valence-corrected chi connectivity index (χ4v) is 6.41. The number of hydrogen-bond donors (Lipinski definition) is 0. The summed E-state index contributed by atoms with van der Waals surface area (Å²) in [4.78, 5) is 32.9. The van der Waals surface area contributed by atoms with Crippen molar-refractivity contribution in [2.45, 2.75) is 33.4 Å². The minimum absolute atomic E-state index is 0.0367.